The van der Waals surface area contributed by atoms with Crippen molar-refractivity contribution in [3.05, 3.63) is 88.2 Å². The Balaban J connectivity index is 1.46. The maximum Gasteiger partial charge on any atom is 0.289 e. The van der Waals surface area contributed by atoms with E-state index in [-0.39, 0.29) is 30.5 Å². The number of carbonyl (C=O) groups excluding carboxylic acids is 1. The number of pyridine rings is 1. The number of anilines is 1. The second-order valence-electron chi connectivity index (χ2n) is 8.69. The fourth-order valence-electron chi connectivity index (χ4n) is 4.27. The molecule has 1 amide bonds. The number of aromatic nitrogens is 1. The van der Waals surface area contributed by atoms with E-state index in [1.54, 1.807) is 36.5 Å². The van der Waals surface area contributed by atoms with Crippen molar-refractivity contribution in [2.24, 2.45) is 0 Å². The fourth-order valence-corrected chi connectivity index (χ4v) is 5.91. The van der Waals surface area contributed by atoms with Gasteiger partial charge in [-0.3, -0.25) is 19.9 Å². The van der Waals surface area contributed by atoms with Gasteiger partial charge in [-0.15, -0.1) is 0 Å². The average Bonchev–Trinajstić information content (AvgIpc) is 2.90. The van der Waals surface area contributed by atoms with E-state index < -0.39 is 20.6 Å². The number of rotatable bonds is 11. The third-order valence-electron chi connectivity index (χ3n) is 6.27. The van der Waals surface area contributed by atoms with Crippen LogP contribution in [-0.2, 0) is 27.7 Å². The fraction of sp³-hybridized carbons (Fsp3) is 0.308. The lowest BCUT2D eigenvalue weighted by Crippen LogP contribution is -2.35. The van der Waals surface area contributed by atoms with Crippen molar-refractivity contribution in [1.29, 1.82) is 0 Å². The first-order valence-electron chi connectivity index (χ1n) is 11.9. The number of hydrogen-bond donors (Lipinski definition) is 0. The van der Waals surface area contributed by atoms with Gasteiger partial charge in [0.1, 0.15) is 5.75 Å². The molecular weight excluding hydrogens is 496 g/mol. The lowest BCUT2D eigenvalue weighted by molar-refractivity contribution is -0.387. The molecule has 0 fully saturated rings. The molecule has 194 valence electrons. The van der Waals surface area contributed by atoms with Crippen LogP contribution >= 0.6 is 0 Å². The maximum absolute atomic E-state index is 13.5. The molecule has 0 unspecified atom stereocenters. The van der Waals surface area contributed by atoms with Gasteiger partial charge in [-0.25, -0.2) is 8.42 Å². The molecule has 11 heteroatoms. The highest BCUT2D eigenvalue weighted by molar-refractivity contribution is 7.89. The molecule has 4 rings (SSSR count). The Morgan fingerprint density at radius 2 is 1.92 bits per heavy atom. The molecule has 0 aliphatic carbocycles. The molecule has 0 N–H and O–H groups in total. The topological polar surface area (TPSA) is 123 Å². The Bertz CT molecular complexity index is 1380. The van der Waals surface area contributed by atoms with Crippen LogP contribution in [-0.4, -0.2) is 55.3 Å². The number of ether oxygens (including phenoxy) is 1. The predicted octanol–water partition coefficient (Wildman–Crippen LogP) is 3.60. The molecule has 2 aromatic carbocycles. The molecule has 3 aromatic rings. The molecule has 0 radical (unpaired) electrons. The van der Waals surface area contributed by atoms with Crippen LogP contribution in [0.3, 0.4) is 0 Å². The lowest BCUT2D eigenvalue weighted by Gasteiger charge is -2.26. The summed E-state index contributed by atoms with van der Waals surface area (Å²) in [5.74, 6) is 0.720. The monoisotopic (exact) mass is 524 g/mol. The summed E-state index contributed by atoms with van der Waals surface area (Å²) in [5, 5.41) is 11.5. The smallest absolute Gasteiger partial charge is 0.289 e. The minimum atomic E-state index is -4.14. The summed E-state index contributed by atoms with van der Waals surface area (Å²) in [6, 6.07) is 14.5. The minimum absolute atomic E-state index is 0.0763. The van der Waals surface area contributed by atoms with E-state index in [2.05, 4.69) is 4.98 Å². The molecule has 0 saturated carbocycles. The summed E-state index contributed by atoms with van der Waals surface area (Å²) in [5.41, 5.74) is 2.29. The zero-order valence-electron chi connectivity index (χ0n) is 20.4. The predicted molar refractivity (Wildman–Crippen MR) is 138 cm³/mol. The first kappa shape index (κ1) is 26.2. The van der Waals surface area contributed by atoms with Crippen LogP contribution in [0.1, 0.15) is 24.0 Å². The standard InChI is InChI=1S/C26H28N4O6S/c1-28-23-11-10-22(18-21(23)9-12-26(28)31)36-17-5-15-29(16-13-20-6-4-14-27-19-20)37(34,35)25-8-3-2-7-24(25)30(32)33/h2-4,6-8,10-11,14,18-19H,5,9,12-13,15-17H2,1H3. The van der Waals surface area contributed by atoms with Crippen molar-refractivity contribution in [2.75, 3.05) is 31.6 Å². The molecule has 1 aromatic heterocycles. The molecule has 1 aliphatic heterocycles. The van der Waals surface area contributed by atoms with Crippen LogP contribution in [0, 0.1) is 10.1 Å². The van der Waals surface area contributed by atoms with Gasteiger partial charge in [-0.1, -0.05) is 18.2 Å². The number of benzene rings is 2. The van der Waals surface area contributed by atoms with Gasteiger partial charge >= 0.3 is 0 Å². The average molecular weight is 525 g/mol. The number of nitrogens with zero attached hydrogens (tertiary/aromatic N) is 4. The van der Waals surface area contributed by atoms with E-state index >= 15 is 0 Å². The summed E-state index contributed by atoms with van der Waals surface area (Å²) in [4.78, 5) is 28.1. The number of fused-ring (bicyclic) bond motifs is 1. The van der Waals surface area contributed by atoms with Gasteiger partial charge in [0, 0.05) is 50.7 Å². The highest BCUT2D eigenvalue weighted by Crippen LogP contribution is 2.30. The van der Waals surface area contributed by atoms with Gasteiger partial charge in [0.05, 0.1) is 11.5 Å². The third kappa shape index (κ3) is 6.12. The second kappa shape index (κ2) is 11.5. The van der Waals surface area contributed by atoms with Crippen molar-refractivity contribution in [3.8, 4) is 5.75 Å². The number of sulfonamides is 1. The number of nitro groups is 1. The Hall–Kier alpha value is -3.83. The second-order valence-corrected chi connectivity index (χ2v) is 10.6. The van der Waals surface area contributed by atoms with E-state index in [1.165, 1.54) is 28.6 Å². The van der Waals surface area contributed by atoms with Gasteiger partial charge in [0.15, 0.2) is 4.90 Å². The quantitative estimate of drug-likeness (QED) is 0.213. The van der Waals surface area contributed by atoms with Crippen molar-refractivity contribution >= 4 is 27.3 Å². The lowest BCUT2D eigenvalue weighted by atomic mass is 10.0. The van der Waals surface area contributed by atoms with Crippen molar-refractivity contribution in [1.82, 2.24) is 9.29 Å². The molecule has 10 nitrogen and oxygen atoms in total. The minimum Gasteiger partial charge on any atom is -0.494 e. The highest BCUT2D eigenvalue weighted by atomic mass is 32.2. The van der Waals surface area contributed by atoms with E-state index in [4.69, 9.17) is 4.74 Å². The van der Waals surface area contributed by atoms with Crippen molar-refractivity contribution in [3.63, 3.8) is 0 Å². The van der Waals surface area contributed by atoms with Crippen LogP contribution < -0.4 is 9.64 Å². The Labute approximate surface area is 215 Å². The van der Waals surface area contributed by atoms with Gasteiger partial charge in [-0.05, 0) is 60.7 Å². The van der Waals surface area contributed by atoms with Crippen LogP contribution in [0.15, 0.2) is 71.9 Å². The number of para-hydroxylation sites is 1. The molecule has 37 heavy (non-hydrogen) atoms. The first-order valence-corrected chi connectivity index (χ1v) is 13.4. The van der Waals surface area contributed by atoms with E-state index in [9.17, 15) is 23.3 Å². The van der Waals surface area contributed by atoms with E-state index in [1.807, 2.05) is 18.2 Å². The summed E-state index contributed by atoms with van der Waals surface area (Å²) in [6.45, 7) is 0.513. The third-order valence-corrected chi connectivity index (χ3v) is 8.21. The number of hydrogen-bond acceptors (Lipinski definition) is 7. The van der Waals surface area contributed by atoms with Gasteiger partial charge in [0.2, 0.25) is 15.9 Å². The Morgan fingerprint density at radius 1 is 1.11 bits per heavy atom. The van der Waals surface area contributed by atoms with Crippen LogP contribution in [0.4, 0.5) is 11.4 Å². The molecule has 0 spiro atoms. The van der Waals surface area contributed by atoms with E-state index in [0.29, 0.717) is 31.4 Å². The molecule has 0 bridgehead atoms. The number of carbonyl (C=O) groups is 1. The zero-order chi connectivity index (χ0) is 26.4. The molecule has 0 saturated heterocycles. The Kier molecular flexibility index (Phi) is 8.14. The maximum atomic E-state index is 13.5. The van der Waals surface area contributed by atoms with E-state index in [0.717, 1.165) is 16.8 Å². The van der Waals surface area contributed by atoms with Gasteiger partial charge in [0.25, 0.3) is 5.69 Å². The summed E-state index contributed by atoms with van der Waals surface area (Å²) in [7, 11) is -2.39. The summed E-state index contributed by atoms with van der Waals surface area (Å²) in [6.07, 6.45) is 5.18. The van der Waals surface area contributed by atoms with Gasteiger partial charge in [-0.2, -0.15) is 4.31 Å². The molecule has 2 heterocycles. The largest absolute Gasteiger partial charge is 0.494 e. The zero-order valence-corrected chi connectivity index (χ0v) is 21.3. The molecular formula is C26H28N4O6S. The Morgan fingerprint density at radius 3 is 2.68 bits per heavy atom. The number of nitro benzene ring substituents is 1. The SMILES string of the molecule is CN1C(=O)CCc2cc(OCCCN(CCc3cccnc3)S(=O)(=O)c3ccccc3[N+](=O)[O-])ccc21. The van der Waals surface area contributed by atoms with Crippen LogP contribution in [0.2, 0.25) is 0 Å². The normalized spacial score (nSPS) is 13.5. The van der Waals surface area contributed by atoms with Crippen LogP contribution in [0.5, 0.6) is 5.75 Å². The molecule has 0 atom stereocenters. The van der Waals surface area contributed by atoms with Gasteiger partial charge < -0.3 is 9.64 Å². The molecule has 1 aliphatic rings. The number of amides is 1. The first-order chi connectivity index (χ1) is 17.8. The summed E-state index contributed by atoms with van der Waals surface area (Å²) < 4.78 is 34.1. The van der Waals surface area contributed by atoms with Crippen molar-refractivity contribution in [2.45, 2.75) is 30.6 Å². The summed E-state index contributed by atoms with van der Waals surface area (Å²) >= 11 is 0. The highest BCUT2D eigenvalue weighted by Gasteiger charge is 2.31. The van der Waals surface area contributed by atoms with Crippen LogP contribution in [0.25, 0.3) is 0 Å². The van der Waals surface area contributed by atoms with Crippen molar-refractivity contribution < 1.29 is 22.9 Å². The number of aryl methyl sites for hydroxylation is 1.